The number of aromatic amines is 1. The van der Waals surface area contributed by atoms with Gasteiger partial charge >= 0.3 is 5.97 Å². The van der Waals surface area contributed by atoms with Crippen LogP contribution >= 0.6 is 0 Å². The lowest BCUT2D eigenvalue weighted by Crippen LogP contribution is -2.24. The number of anilines is 1. The molecule has 0 unspecified atom stereocenters. The van der Waals surface area contributed by atoms with Gasteiger partial charge in [0, 0.05) is 35.9 Å². The minimum atomic E-state index is -0.526. The Kier molecular flexibility index (Phi) is 6.76. The SMILES string of the molecule is COC(=O)c1cnc(N(Cc2ccccc2)Cc2ccccc2)c2[nH]c(-c3cccc(-n4nccn4)c3F)cc12. The number of carbonyl (C=O) groups excluding carboxylic acids is 1. The molecule has 6 rings (SSSR count). The zero-order valence-electron chi connectivity index (χ0n) is 21.7. The minimum Gasteiger partial charge on any atom is -0.465 e. The molecule has 3 aromatic carbocycles. The van der Waals surface area contributed by atoms with Gasteiger partial charge in [0.05, 0.1) is 30.6 Å². The van der Waals surface area contributed by atoms with E-state index in [4.69, 9.17) is 9.72 Å². The fourth-order valence-corrected chi connectivity index (χ4v) is 4.80. The van der Waals surface area contributed by atoms with Crippen LogP contribution in [0.4, 0.5) is 10.2 Å². The summed E-state index contributed by atoms with van der Waals surface area (Å²) in [5.41, 5.74) is 4.10. The van der Waals surface area contributed by atoms with Crippen LogP contribution < -0.4 is 4.90 Å². The number of carbonyl (C=O) groups is 1. The molecule has 0 aliphatic heterocycles. The van der Waals surface area contributed by atoms with Crippen molar-refractivity contribution in [2.75, 3.05) is 12.0 Å². The molecule has 0 saturated carbocycles. The third-order valence-corrected chi connectivity index (χ3v) is 6.69. The van der Waals surface area contributed by atoms with Crippen LogP contribution in [0.25, 0.3) is 27.8 Å². The molecule has 0 spiro atoms. The molecular formula is C31H25FN6O2. The number of ether oxygens (including phenoxy) is 1. The molecule has 3 heterocycles. The number of methoxy groups -OCH3 is 1. The van der Waals surface area contributed by atoms with Crippen molar-refractivity contribution in [2.24, 2.45) is 0 Å². The second-order valence-corrected chi connectivity index (χ2v) is 9.24. The van der Waals surface area contributed by atoms with Gasteiger partial charge in [0.15, 0.2) is 11.6 Å². The van der Waals surface area contributed by atoms with Crippen molar-refractivity contribution in [3.05, 3.63) is 126 Å². The number of nitrogens with one attached hydrogen (secondary N) is 1. The summed E-state index contributed by atoms with van der Waals surface area (Å²) in [7, 11) is 1.33. The zero-order chi connectivity index (χ0) is 27.5. The van der Waals surface area contributed by atoms with Gasteiger partial charge < -0.3 is 14.6 Å². The Bertz CT molecular complexity index is 1730. The smallest absolute Gasteiger partial charge is 0.340 e. The average Bonchev–Trinajstić information content (AvgIpc) is 3.68. The number of fused-ring (bicyclic) bond motifs is 1. The van der Waals surface area contributed by atoms with Crippen molar-refractivity contribution in [1.29, 1.82) is 0 Å². The first-order valence-electron chi connectivity index (χ1n) is 12.7. The maximum absolute atomic E-state index is 15.8. The molecular weight excluding hydrogens is 507 g/mol. The Hall–Kier alpha value is -5.31. The molecule has 6 aromatic rings. The summed E-state index contributed by atoms with van der Waals surface area (Å²) in [6, 6.07) is 26.9. The largest absolute Gasteiger partial charge is 0.465 e. The average molecular weight is 533 g/mol. The van der Waals surface area contributed by atoms with E-state index < -0.39 is 11.8 Å². The maximum atomic E-state index is 15.8. The van der Waals surface area contributed by atoms with Gasteiger partial charge in [-0.3, -0.25) is 0 Å². The summed E-state index contributed by atoms with van der Waals surface area (Å²) >= 11 is 0. The standard InChI is InChI=1S/C31H25FN6O2/c1-40-31(39)25-18-33-30(37(19-21-9-4-2-5-10-21)20-22-11-6-3-7-12-22)29-24(25)17-26(36-29)23-13-8-14-27(28(23)32)38-34-15-16-35-38/h2-18,36H,19-20H2,1H3. The van der Waals surface area contributed by atoms with Gasteiger partial charge in [0.2, 0.25) is 0 Å². The van der Waals surface area contributed by atoms with E-state index in [0.29, 0.717) is 41.1 Å². The molecule has 0 bridgehead atoms. The van der Waals surface area contributed by atoms with E-state index in [-0.39, 0.29) is 11.3 Å². The molecule has 0 amide bonds. The van der Waals surface area contributed by atoms with Gasteiger partial charge in [-0.15, -0.1) is 4.80 Å². The summed E-state index contributed by atoms with van der Waals surface area (Å²) in [5, 5.41) is 8.72. The fourth-order valence-electron chi connectivity index (χ4n) is 4.80. The summed E-state index contributed by atoms with van der Waals surface area (Å²) < 4.78 is 20.8. The normalized spacial score (nSPS) is 11.1. The molecule has 0 aliphatic rings. The highest BCUT2D eigenvalue weighted by Crippen LogP contribution is 2.35. The van der Waals surface area contributed by atoms with E-state index in [9.17, 15) is 4.79 Å². The third-order valence-electron chi connectivity index (χ3n) is 6.69. The van der Waals surface area contributed by atoms with Crippen molar-refractivity contribution in [1.82, 2.24) is 25.0 Å². The van der Waals surface area contributed by atoms with Gasteiger partial charge in [-0.1, -0.05) is 66.7 Å². The number of nitrogens with zero attached hydrogens (tertiary/aromatic N) is 5. The fraction of sp³-hybridized carbons (Fsp3) is 0.0968. The van der Waals surface area contributed by atoms with Crippen LogP contribution in [0.15, 0.2) is 104 Å². The predicted molar refractivity (Wildman–Crippen MR) is 151 cm³/mol. The number of rotatable bonds is 8. The number of esters is 1. The van der Waals surface area contributed by atoms with Crippen LogP contribution in [-0.4, -0.2) is 38.0 Å². The van der Waals surface area contributed by atoms with E-state index in [2.05, 4.69) is 44.3 Å². The second-order valence-electron chi connectivity index (χ2n) is 9.24. The van der Waals surface area contributed by atoms with Gasteiger partial charge in [-0.2, -0.15) is 10.2 Å². The quantitative estimate of drug-likeness (QED) is 0.244. The predicted octanol–water partition coefficient (Wildman–Crippen LogP) is 5.94. The number of H-pyrrole nitrogens is 1. The monoisotopic (exact) mass is 532 g/mol. The van der Waals surface area contributed by atoms with Gasteiger partial charge in [-0.05, 0) is 29.3 Å². The Balaban J connectivity index is 1.52. The molecule has 0 aliphatic carbocycles. The summed E-state index contributed by atoms with van der Waals surface area (Å²) in [4.78, 5) is 24.2. The molecule has 0 radical (unpaired) electrons. The molecule has 0 fully saturated rings. The first-order valence-corrected chi connectivity index (χ1v) is 12.7. The number of aromatic nitrogens is 5. The lowest BCUT2D eigenvalue weighted by atomic mass is 10.1. The van der Waals surface area contributed by atoms with Crippen LogP contribution in [0.5, 0.6) is 0 Å². The highest BCUT2D eigenvalue weighted by Gasteiger charge is 2.23. The van der Waals surface area contributed by atoms with Crippen LogP contribution in [-0.2, 0) is 17.8 Å². The molecule has 40 heavy (non-hydrogen) atoms. The topological polar surface area (TPSA) is 88.9 Å². The molecule has 9 heteroatoms. The maximum Gasteiger partial charge on any atom is 0.340 e. The molecule has 0 atom stereocenters. The summed E-state index contributed by atoms with van der Waals surface area (Å²) in [6.45, 7) is 1.14. The van der Waals surface area contributed by atoms with Crippen molar-refractivity contribution < 1.29 is 13.9 Å². The van der Waals surface area contributed by atoms with E-state index in [0.717, 1.165) is 11.1 Å². The van der Waals surface area contributed by atoms with Crippen molar-refractivity contribution in [3.63, 3.8) is 0 Å². The van der Waals surface area contributed by atoms with E-state index in [1.807, 2.05) is 36.4 Å². The highest BCUT2D eigenvalue weighted by molar-refractivity contribution is 6.07. The number of pyridine rings is 1. The lowest BCUT2D eigenvalue weighted by Gasteiger charge is -2.25. The Morgan fingerprint density at radius 3 is 2.20 bits per heavy atom. The molecule has 1 N–H and O–H groups in total. The Morgan fingerprint density at radius 2 is 1.57 bits per heavy atom. The molecule has 0 saturated heterocycles. The van der Waals surface area contributed by atoms with Gasteiger partial charge in [0.25, 0.3) is 0 Å². The zero-order valence-corrected chi connectivity index (χ0v) is 21.7. The van der Waals surface area contributed by atoms with Crippen molar-refractivity contribution in [3.8, 4) is 16.9 Å². The summed E-state index contributed by atoms with van der Waals surface area (Å²) in [6.07, 6.45) is 4.50. The van der Waals surface area contributed by atoms with Crippen LogP contribution in [0.1, 0.15) is 21.5 Å². The molecule has 3 aromatic heterocycles. The minimum absolute atomic E-state index is 0.211. The summed E-state index contributed by atoms with van der Waals surface area (Å²) in [5.74, 6) is -0.390. The Morgan fingerprint density at radius 1 is 0.925 bits per heavy atom. The second kappa shape index (κ2) is 10.8. The van der Waals surface area contributed by atoms with Crippen molar-refractivity contribution >= 4 is 22.7 Å². The van der Waals surface area contributed by atoms with Gasteiger partial charge in [0.1, 0.15) is 5.69 Å². The lowest BCUT2D eigenvalue weighted by molar-refractivity contribution is 0.0602. The number of benzene rings is 3. The van der Waals surface area contributed by atoms with Crippen LogP contribution in [0.3, 0.4) is 0 Å². The highest BCUT2D eigenvalue weighted by atomic mass is 19.1. The van der Waals surface area contributed by atoms with Gasteiger partial charge in [-0.25, -0.2) is 14.2 Å². The first kappa shape index (κ1) is 25.0. The van der Waals surface area contributed by atoms with E-state index >= 15 is 4.39 Å². The first-order chi connectivity index (χ1) is 19.6. The number of hydrogen-bond acceptors (Lipinski definition) is 6. The van der Waals surface area contributed by atoms with E-state index in [1.165, 1.54) is 30.5 Å². The molecule has 198 valence electrons. The molecule has 8 nitrogen and oxygen atoms in total. The number of halogens is 1. The van der Waals surface area contributed by atoms with Crippen LogP contribution in [0, 0.1) is 5.82 Å². The third kappa shape index (κ3) is 4.80. The van der Waals surface area contributed by atoms with E-state index in [1.54, 1.807) is 24.3 Å². The Labute approximate surface area is 229 Å². The van der Waals surface area contributed by atoms with Crippen LogP contribution in [0.2, 0.25) is 0 Å². The number of hydrogen-bond donors (Lipinski definition) is 1. The van der Waals surface area contributed by atoms with Crippen molar-refractivity contribution in [2.45, 2.75) is 13.1 Å².